The van der Waals surface area contributed by atoms with E-state index in [4.69, 9.17) is 10.2 Å². The van der Waals surface area contributed by atoms with Crippen LogP contribution < -0.4 is 0 Å². The molecule has 0 saturated heterocycles. The lowest BCUT2D eigenvalue weighted by Gasteiger charge is -2.21. The molecule has 0 aliphatic heterocycles. The number of aliphatic hydroxyl groups excluding tert-OH is 1. The number of hydrogen-bond acceptors (Lipinski definition) is 5. The van der Waals surface area contributed by atoms with Crippen LogP contribution in [-0.4, -0.2) is 32.1 Å². The van der Waals surface area contributed by atoms with Gasteiger partial charge in [0.05, 0.1) is 6.10 Å². The molecule has 0 radical (unpaired) electrons. The first-order valence-electron chi connectivity index (χ1n) is 2.40. The summed E-state index contributed by atoms with van der Waals surface area (Å²) in [6.07, 6.45) is -1.17. The molecule has 3 nitrogen and oxygen atoms in total. The predicted molar refractivity (Wildman–Crippen MR) is 48.2 cm³/mol. The summed E-state index contributed by atoms with van der Waals surface area (Å²) in [5, 5.41) is 17.3. The van der Waals surface area contributed by atoms with Crippen molar-refractivity contribution in [2.75, 3.05) is 5.75 Å². The third-order valence-corrected chi connectivity index (χ3v) is 2.28. The molecule has 0 heterocycles. The topological polar surface area (TPSA) is 57.5 Å². The number of carboxylic acids is 1. The number of hydrogen-bond donors (Lipinski definition) is 5. The van der Waals surface area contributed by atoms with Crippen molar-refractivity contribution < 1.29 is 15.0 Å². The van der Waals surface area contributed by atoms with E-state index in [-0.39, 0.29) is 5.75 Å². The van der Waals surface area contributed by atoms with E-state index in [0.29, 0.717) is 0 Å². The van der Waals surface area contributed by atoms with Gasteiger partial charge in [-0.25, -0.2) is 4.79 Å². The predicted octanol–water partition coefficient (Wildman–Crippen LogP) is -0.0824. The van der Waals surface area contributed by atoms with E-state index < -0.39 is 16.2 Å². The molecular formula is C4H8O3S3. The van der Waals surface area contributed by atoms with Gasteiger partial charge in [0.25, 0.3) is 0 Å². The minimum atomic E-state index is -1.71. The van der Waals surface area contributed by atoms with Crippen molar-refractivity contribution in [2.24, 2.45) is 0 Å². The molecule has 0 amide bonds. The summed E-state index contributed by atoms with van der Waals surface area (Å²) in [7, 11) is 0. The summed E-state index contributed by atoms with van der Waals surface area (Å²) in [5.41, 5.74) is 0. The molecule has 0 rings (SSSR count). The molecule has 0 aromatic carbocycles. The lowest BCUT2D eigenvalue weighted by molar-refractivity contribution is -0.139. The zero-order chi connectivity index (χ0) is 8.36. The van der Waals surface area contributed by atoms with Crippen molar-refractivity contribution in [3.63, 3.8) is 0 Å². The molecule has 10 heavy (non-hydrogen) atoms. The highest BCUT2D eigenvalue weighted by Crippen LogP contribution is 2.24. The van der Waals surface area contributed by atoms with Gasteiger partial charge in [0.2, 0.25) is 0 Å². The Hall–Kier alpha value is 0.480. The zero-order valence-electron chi connectivity index (χ0n) is 4.93. The van der Waals surface area contributed by atoms with Crippen LogP contribution in [-0.2, 0) is 4.79 Å². The van der Waals surface area contributed by atoms with Crippen molar-refractivity contribution in [3.8, 4) is 0 Å². The van der Waals surface area contributed by atoms with Crippen LogP contribution in [0.3, 0.4) is 0 Å². The molecule has 0 aliphatic carbocycles. The van der Waals surface area contributed by atoms with E-state index in [1.54, 1.807) is 0 Å². The zero-order valence-corrected chi connectivity index (χ0v) is 7.61. The Morgan fingerprint density at radius 3 is 2.10 bits per heavy atom. The van der Waals surface area contributed by atoms with E-state index in [1.165, 1.54) is 0 Å². The third kappa shape index (κ3) is 2.26. The van der Waals surface area contributed by atoms with E-state index in [2.05, 4.69) is 37.9 Å². The van der Waals surface area contributed by atoms with Gasteiger partial charge in [0.1, 0.15) is 0 Å². The maximum atomic E-state index is 10.3. The number of carbonyl (C=O) groups is 1. The standard InChI is InChI=1S/C4H8O3S3/c5-2(1-8)4(9,10)3(6)7/h2,5,8-10H,1H2,(H,6,7). The van der Waals surface area contributed by atoms with Gasteiger partial charge in [0, 0.05) is 5.75 Å². The average molecular weight is 200 g/mol. The molecule has 1 atom stereocenters. The molecule has 0 bridgehead atoms. The van der Waals surface area contributed by atoms with Crippen molar-refractivity contribution in [1.29, 1.82) is 0 Å². The first kappa shape index (κ1) is 10.5. The monoisotopic (exact) mass is 200 g/mol. The van der Waals surface area contributed by atoms with Gasteiger partial charge in [-0.2, -0.15) is 12.6 Å². The van der Waals surface area contributed by atoms with Crippen molar-refractivity contribution in [2.45, 2.75) is 10.2 Å². The quantitative estimate of drug-likeness (QED) is 0.327. The Kier molecular flexibility index (Phi) is 3.93. The van der Waals surface area contributed by atoms with Gasteiger partial charge < -0.3 is 10.2 Å². The normalized spacial score (nSPS) is 14.8. The first-order chi connectivity index (χ1) is 4.42. The summed E-state index contributed by atoms with van der Waals surface area (Å²) < 4.78 is -1.71. The molecular weight excluding hydrogens is 192 g/mol. The van der Waals surface area contributed by atoms with Gasteiger partial charge >= 0.3 is 5.97 Å². The fourth-order valence-corrected chi connectivity index (χ4v) is 1.01. The summed E-state index contributed by atoms with van der Waals surface area (Å²) in [4.78, 5) is 10.3. The van der Waals surface area contributed by atoms with E-state index in [0.717, 1.165) is 0 Å². The maximum absolute atomic E-state index is 10.3. The van der Waals surface area contributed by atoms with Gasteiger partial charge in [-0.3, -0.25) is 0 Å². The van der Waals surface area contributed by atoms with E-state index in [1.807, 2.05) is 0 Å². The van der Waals surface area contributed by atoms with Crippen LogP contribution in [0.2, 0.25) is 0 Å². The van der Waals surface area contributed by atoms with Crippen molar-refractivity contribution in [3.05, 3.63) is 0 Å². The summed E-state index contributed by atoms with van der Waals surface area (Å²) in [6, 6.07) is 0. The molecule has 0 aromatic heterocycles. The highest BCUT2D eigenvalue weighted by atomic mass is 32.2. The Balaban J connectivity index is 4.23. The van der Waals surface area contributed by atoms with Crippen LogP contribution in [0.25, 0.3) is 0 Å². The number of thiol groups is 3. The van der Waals surface area contributed by atoms with Crippen LogP contribution in [0.15, 0.2) is 0 Å². The molecule has 0 saturated carbocycles. The van der Waals surface area contributed by atoms with Crippen molar-refractivity contribution in [1.82, 2.24) is 0 Å². The van der Waals surface area contributed by atoms with Crippen LogP contribution in [0.4, 0.5) is 0 Å². The Morgan fingerprint density at radius 1 is 1.60 bits per heavy atom. The van der Waals surface area contributed by atoms with E-state index >= 15 is 0 Å². The van der Waals surface area contributed by atoms with Gasteiger partial charge in [0.15, 0.2) is 4.08 Å². The largest absolute Gasteiger partial charge is 0.480 e. The van der Waals surface area contributed by atoms with Crippen LogP contribution in [0, 0.1) is 0 Å². The number of aliphatic carboxylic acids is 1. The van der Waals surface area contributed by atoms with Crippen LogP contribution in [0.1, 0.15) is 0 Å². The fourth-order valence-electron chi connectivity index (χ4n) is 0.270. The Bertz CT molecular complexity index is 136. The van der Waals surface area contributed by atoms with Gasteiger partial charge in [-0.15, -0.1) is 25.3 Å². The summed E-state index contributed by atoms with van der Waals surface area (Å²) >= 11 is 10.9. The van der Waals surface area contributed by atoms with Gasteiger partial charge in [-0.05, 0) is 0 Å². The molecule has 60 valence electrons. The lowest BCUT2D eigenvalue weighted by Crippen LogP contribution is -2.40. The second-order valence-corrected chi connectivity index (χ2v) is 3.86. The third-order valence-electron chi connectivity index (χ3n) is 0.952. The number of carboxylic acid groups (broad SMARTS) is 1. The molecule has 0 spiro atoms. The second kappa shape index (κ2) is 3.75. The SMILES string of the molecule is O=C(O)C(S)(S)C(O)CS. The summed E-state index contributed by atoms with van der Waals surface area (Å²) in [6.45, 7) is 0. The van der Waals surface area contributed by atoms with Gasteiger partial charge in [-0.1, -0.05) is 0 Å². The summed E-state index contributed by atoms with van der Waals surface area (Å²) in [5.74, 6) is -1.26. The maximum Gasteiger partial charge on any atom is 0.332 e. The minimum Gasteiger partial charge on any atom is -0.480 e. The van der Waals surface area contributed by atoms with Crippen LogP contribution >= 0.6 is 37.9 Å². The average Bonchev–Trinajstić information content (AvgIpc) is 1.86. The minimum absolute atomic E-state index is 0.0132. The Labute approximate surface area is 75.0 Å². The number of aliphatic hydroxyl groups is 1. The van der Waals surface area contributed by atoms with Crippen molar-refractivity contribution >= 4 is 43.9 Å². The second-order valence-electron chi connectivity index (χ2n) is 1.73. The number of rotatable bonds is 3. The molecule has 0 aliphatic rings. The lowest BCUT2D eigenvalue weighted by atomic mass is 10.3. The highest BCUT2D eigenvalue weighted by Gasteiger charge is 2.37. The smallest absolute Gasteiger partial charge is 0.332 e. The molecule has 2 N–H and O–H groups in total. The molecule has 1 unspecified atom stereocenters. The van der Waals surface area contributed by atoms with E-state index in [9.17, 15) is 4.79 Å². The first-order valence-corrected chi connectivity index (χ1v) is 3.92. The molecule has 0 fully saturated rings. The Morgan fingerprint density at radius 2 is 2.00 bits per heavy atom. The highest BCUT2D eigenvalue weighted by molar-refractivity contribution is 8.02. The molecule has 6 heteroatoms. The fraction of sp³-hybridized carbons (Fsp3) is 0.750. The molecule has 0 aromatic rings. The van der Waals surface area contributed by atoms with Crippen LogP contribution in [0.5, 0.6) is 0 Å².